The lowest BCUT2D eigenvalue weighted by atomic mass is 10.2. The molecule has 2 aromatic carbocycles. The lowest BCUT2D eigenvalue weighted by molar-refractivity contribution is -0.118. The number of hydrogen-bond acceptors (Lipinski definition) is 2. The summed E-state index contributed by atoms with van der Waals surface area (Å²) in [7, 11) is 0. The highest BCUT2D eigenvalue weighted by Gasteiger charge is 2.04. The quantitative estimate of drug-likeness (QED) is 0.785. The highest BCUT2D eigenvalue weighted by atomic mass is 79.9. The topological polar surface area (TPSA) is 29.1 Å². The van der Waals surface area contributed by atoms with Crippen LogP contribution in [0.5, 0.6) is 0 Å². The number of amides is 1. The first-order valence-corrected chi connectivity index (χ1v) is 8.80. The summed E-state index contributed by atoms with van der Waals surface area (Å²) in [5, 5.41) is 3.61. The smallest absolute Gasteiger partial charge is 0.230 e. The van der Waals surface area contributed by atoms with E-state index in [-0.39, 0.29) is 5.91 Å². The molecule has 1 amide bonds. The molecule has 2 nitrogen and oxygen atoms in total. The Hall–Kier alpha value is -0.970. The fraction of sp³-hybridized carbons (Fsp3) is 0.188. The van der Waals surface area contributed by atoms with Crippen LogP contribution in [0.1, 0.15) is 11.1 Å². The van der Waals surface area contributed by atoms with Crippen molar-refractivity contribution in [1.29, 1.82) is 0 Å². The second-order valence-corrected chi connectivity index (χ2v) is 6.76. The maximum Gasteiger partial charge on any atom is 0.230 e. The first-order valence-electron chi connectivity index (χ1n) is 6.47. The van der Waals surface area contributed by atoms with Crippen molar-refractivity contribution in [2.75, 3.05) is 5.75 Å². The third-order valence-corrected chi connectivity index (χ3v) is 4.86. The van der Waals surface area contributed by atoms with Crippen molar-refractivity contribution in [2.45, 2.75) is 12.3 Å². The molecule has 0 bridgehead atoms. The fourth-order valence-electron chi connectivity index (χ4n) is 1.72. The molecule has 5 heteroatoms. The average Bonchev–Trinajstić information content (AvgIpc) is 2.49. The number of hydrogen-bond donors (Lipinski definition) is 1. The van der Waals surface area contributed by atoms with Crippen LogP contribution >= 0.6 is 39.3 Å². The van der Waals surface area contributed by atoms with E-state index in [2.05, 4.69) is 27.3 Å². The van der Waals surface area contributed by atoms with Crippen molar-refractivity contribution in [3.63, 3.8) is 0 Å². The molecule has 0 unspecified atom stereocenters. The Kier molecular flexibility index (Phi) is 6.61. The van der Waals surface area contributed by atoms with Crippen LogP contribution in [0.2, 0.25) is 5.02 Å². The molecule has 110 valence electrons. The number of halogens is 2. The second-order valence-electron chi connectivity index (χ2n) is 4.49. The molecule has 0 heterocycles. The summed E-state index contributed by atoms with van der Waals surface area (Å²) in [4.78, 5) is 11.8. The minimum absolute atomic E-state index is 0.0435. The van der Waals surface area contributed by atoms with Crippen molar-refractivity contribution in [2.24, 2.45) is 0 Å². The van der Waals surface area contributed by atoms with Gasteiger partial charge in [-0.1, -0.05) is 57.9 Å². The maximum absolute atomic E-state index is 11.8. The third-order valence-electron chi connectivity index (χ3n) is 2.85. The molecule has 0 saturated heterocycles. The Morgan fingerprint density at radius 3 is 2.57 bits per heavy atom. The molecule has 0 fully saturated rings. The van der Waals surface area contributed by atoms with E-state index in [0.29, 0.717) is 17.3 Å². The van der Waals surface area contributed by atoms with Crippen LogP contribution in [0.4, 0.5) is 0 Å². The summed E-state index contributed by atoms with van der Waals surface area (Å²) in [5.74, 6) is 1.31. The summed E-state index contributed by atoms with van der Waals surface area (Å²) < 4.78 is 1.08. The van der Waals surface area contributed by atoms with Gasteiger partial charge >= 0.3 is 0 Å². The summed E-state index contributed by atoms with van der Waals surface area (Å²) in [6, 6.07) is 15.5. The zero-order valence-corrected chi connectivity index (χ0v) is 14.5. The standard InChI is InChI=1S/C16H15BrClNOS/c17-15-4-2-1-3-13(15)10-21-11-16(20)19-9-12-5-7-14(18)8-6-12/h1-8H,9-11H2,(H,19,20). The molecular weight excluding hydrogens is 370 g/mol. The Morgan fingerprint density at radius 2 is 1.86 bits per heavy atom. The Balaban J connectivity index is 1.70. The van der Waals surface area contributed by atoms with Gasteiger partial charge in [0, 0.05) is 21.8 Å². The predicted octanol–water partition coefficient (Wildman–Crippen LogP) is 4.65. The first kappa shape index (κ1) is 16.4. The van der Waals surface area contributed by atoms with E-state index in [1.54, 1.807) is 11.8 Å². The van der Waals surface area contributed by atoms with Crippen molar-refractivity contribution >= 4 is 45.2 Å². The highest BCUT2D eigenvalue weighted by Crippen LogP contribution is 2.21. The SMILES string of the molecule is O=C(CSCc1ccccc1Br)NCc1ccc(Cl)cc1. The molecule has 2 aromatic rings. The van der Waals surface area contributed by atoms with Crippen molar-refractivity contribution in [3.8, 4) is 0 Å². The minimum Gasteiger partial charge on any atom is -0.351 e. The average molecular weight is 385 g/mol. The molecule has 0 aromatic heterocycles. The van der Waals surface area contributed by atoms with Gasteiger partial charge in [-0.3, -0.25) is 4.79 Å². The van der Waals surface area contributed by atoms with Crippen LogP contribution in [0.15, 0.2) is 53.0 Å². The van der Waals surface area contributed by atoms with Crippen LogP contribution in [0, 0.1) is 0 Å². The van der Waals surface area contributed by atoms with Gasteiger partial charge in [0.1, 0.15) is 0 Å². The molecule has 1 N–H and O–H groups in total. The van der Waals surface area contributed by atoms with E-state index in [0.717, 1.165) is 15.8 Å². The lowest BCUT2D eigenvalue weighted by Crippen LogP contribution is -2.24. The van der Waals surface area contributed by atoms with Crippen LogP contribution in [-0.4, -0.2) is 11.7 Å². The van der Waals surface area contributed by atoms with Gasteiger partial charge in [0.15, 0.2) is 0 Å². The number of carbonyl (C=O) groups is 1. The Morgan fingerprint density at radius 1 is 1.14 bits per heavy atom. The van der Waals surface area contributed by atoms with Gasteiger partial charge in [0.25, 0.3) is 0 Å². The molecule has 0 spiro atoms. The number of carbonyl (C=O) groups excluding carboxylic acids is 1. The minimum atomic E-state index is 0.0435. The van der Waals surface area contributed by atoms with Crippen LogP contribution in [0.3, 0.4) is 0 Å². The van der Waals surface area contributed by atoms with Gasteiger partial charge in [0.05, 0.1) is 5.75 Å². The van der Waals surface area contributed by atoms with Gasteiger partial charge in [0.2, 0.25) is 5.91 Å². The molecule has 0 aliphatic carbocycles. The van der Waals surface area contributed by atoms with Gasteiger partial charge in [-0.2, -0.15) is 0 Å². The van der Waals surface area contributed by atoms with Crippen LogP contribution in [-0.2, 0) is 17.1 Å². The van der Waals surface area contributed by atoms with Crippen molar-refractivity contribution in [3.05, 3.63) is 69.2 Å². The highest BCUT2D eigenvalue weighted by molar-refractivity contribution is 9.10. The fourth-order valence-corrected chi connectivity index (χ4v) is 3.32. The molecule has 0 radical (unpaired) electrons. The largest absolute Gasteiger partial charge is 0.351 e. The van der Waals surface area contributed by atoms with Crippen LogP contribution in [0.25, 0.3) is 0 Å². The normalized spacial score (nSPS) is 10.4. The number of benzene rings is 2. The van der Waals surface area contributed by atoms with E-state index in [9.17, 15) is 4.79 Å². The van der Waals surface area contributed by atoms with Gasteiger partial charge in [-0.05, 0) is 29.3 Å². The molecule has 0 saturated carbocycles. The first-order chi connectivity index (χ1) is 10.1. The molecule has 0 aliphatic rings. The lowest BCUT2D eigenvalue weighted by Gasteiger charge is -2.06. The Labute approximate surface area is 142 Å². The summed E-state index contributed by atoms with van der Waals surface area (Å²) in [6.07, 6.45) is 0. The number of thioether (sulfide) groups is 1. The van der Waals surface area contributed by atoms with Crippen molar-refractivity contribution in [1.82, 2.24) is 5.32 Å². The van der Waals surface area contributed by atoms with E-state index in [1.807, 2.05) is 42.5 Å². The molecular formula is C16H15BrClNOS. The summed E-state index contributed by atoms with van der Waals surface area (Å²) in [6.45, 7) is 0.533. The van der Waals surface area contributed by atoms with Gasteiger partial charge < -0.3 is 5.32 Å². The number of rotatable bonds is 6. The molecule has 2 rings (SSSR count). The monoisotopic (exact) mass is 383 g/mol. The van der Waals surface area contributed by atoms with Gasteiger partial charge in [-0.15, -0.1) is 11.8 Å². The van der Waals surface area contributed by atoms with E-state index in [1.165, 1.54) is 5.56 Å². The van der Waals surface area contributed by atoms with Crippen molar-refractivity contribution < 1.29 is 4.79 Å². The summed E-state index contributed by atoms with van der Waals surface area (Å²) in [5.41, 5.74) is 2.25. The van der Waals surface area contributed by atoms with Gasteiger partial charge in [-0.25, -0.2) is 0 Å². The predicted molar refractivity (Wildman–Crippen MR) is 93.6 cm³/mol. The zero-order chi connectivity index (χ0) is 15.1. The van der Waals surface area contributed by atoms with E-state index in [4.69, 9.17) is 11.6 Å². The molecule has 0 atom stereocenters. The van der Waals surface area contributed by atoms with E-state index < -0.39 is 0 Å². The van der Waals surface area contributed by atoms with Crippen LogP contribution < -0.4 is 5.32 Å². The van der Waals surface area contributed by atoms with E-state index >= 15 is 0 Å². The second kappa shape index (κ2) is 8.47. The molecule has 21 heavy (non-hydrogen) atoms. The zero-order valence-electron chi connectivity index (χ0n) is 11.3. The number of nitrogens with one attached hydrogen (secondary N) is 1. The summed E-state index contributed by atoms with van der Waals surface area (Å²) >= 11 is 10.9. The molecule has 0 aliphatic heterocycles. The third kappa shape index (κ3) is 5.73. The Bertz CT molecular complexity index is 603. The maximum atomic E-state index is 11.8.